The highest BCUT2D eigenvalue weighted by molar-refractivity contribution is 7.99. The summed E-state index contributed by atoms with van der Waals surface area (Å²) in [5, 5.41) is 13.1. The Kier molecular flexibility index (Phi) is 7.22. The second-order valence-electron chi connectivity index (χ2n) is 6.79. The van der Waals surface area contributed by atoms with E-state index in [9.17, 15) is 4.79 Å². The first-order chi connectivity index (χ1) is 13.9. The summed E-state index contributed by atoms with van der Waals surface area (Å²) < 4.78 is 1.95. The van der Waals surface area contributed by atoms with Gasteiger partial charge < -0.3 is 9.88 Å². The van der Waals surface area contributed by atoms with E-state index in [1.807, 2.05) is 41.8 Å². The molecule has 0 aliphatic heterocycles. The fourth-order valence-corrected chi connectivity index (χ4v) is 3.91. The van der Waals surface area contributed by atoms with E-state index in [-0.39, 0.29) is 11.7 Å². The number of anilines is 1. The number of hydrogen-bond acceptors (Lipinski definition) is 4. The van der Waals surface area contributed by atoms with Crippen LogP contribution in [0.1, 0.15) is 32.3 Å². The van der Waals surface area contributed by atoms with Gasteiger partial charge in [-0.05, 0) is 48.7 Å². The maximum absolute atomic E-state index is 12.3. The molecule has 5 nitrogen and oxygen atoms in total. The third kappa shape index (κ3) is 5.32. The topological polar surface area (TPSA) is 59.8 Å². The second-order valence-corrected chi connectivity index (χ2v) is 8.55. The molecule has 0 aliphatic rings. The lowest BCUT2D eigenvalue weighted by molar-refractivity contribution is -0.113. The van der Waals surface area contributed by atoms with Crippen LogP contribution in [0.3, 0.4) is 0 Å². The van der Waals surface area contributed by atoms with Crippen molar-refractivity contribution in [3.05, 3.63) is 58.1 Å². The number of thioether (sulfide) groups is 1. The Morgan fingerprint density at radius 2 is 1.83 bits per heavy atom. The van der Waals surface area contributed by atoms with Crippen molar-refractivity contribution in [1.29, 1.82) is 0 Å². The van der Waals surface area contributed by atoms with Crippen LogP contribution >= 0.6 is 35.0 Å². The Labute approximate surface area is 184 Å². The Hall–Kier alpha value is -2.02. The van der Waals surface area contributed by atoms with Crippen LogP contribution in [0, 0.1) is 0 Å². The summed E-state index contributed by atoms with van der Waals surface area (Å²) in [6.45, 7) is 6.95. The quantitative estimate of drug-likeness (QED) is 0.441. The van der Waals surface area contributed by atoms with Crippen LogP contribution in [0.5, 0.6) is 0 Å². The fraction of sp³-hybridized carbons (Fsp3) is 0.286. The lowest BCUT2D eigenvalue weighted by Crippen LogP contribution is -2.14. The van der Waals surface area contributed by atoms with Crippen molar-refractivity contribution in [2.45, 2.75) is 38.4 Å². The number of benzene rings is 2. The predicted octanol–water partition coefficient (Wildman–Crippen LogP) is 6.13. The molecule has 0 radical (unpaired) electrons. The number of hydrogen-bond donors (Lipinski definition) is 1. The number of nitrogens with one attached hydrogen (secondary N) is 1. The minimum atomic E-state index is -0.0889. The normalized spacial score (nSPS) is 11.1. The molecule has 29 heavy (non-hydrogen) atoms. The van der Waals surface area contributed by atoms with Crippen LogP contribution < -0.4 is 5.32 Å². The van der Waals surface area contributed by atoms with Crippen LogP contribution in [0.15, 0.2) is 47.6 Å². The van der Waals surface area contributed by atoms with E-state index >= 15 is 0 Å². The van der Waals surface area contributed by atoms with Crippen molar-refractivity contribution < 1.29 is 4.79 Å². The van der Waals surface area contributed by atoms with Crippen molar-refractivity contribution in [2.75, 3.05) is 11.1 Å². The Balaban J connectivity index is 1.66. The van der Waals surface area contributed by atoms with E-state index in [1.165, 1.54) is 17.3 Å². The van der Waals surface area contributed by atoms with E-state index in [0.29, 0.717) is 33.5 Å². The first kappa shape index (κ1) is 21.7. The summed E-state index contributed by atoms with van der Waals surface area (Å²) >= 11 is 13.5. The summed E-state index contributed by atoms with van der Waals surface area (Å²) in [5.41, 5.74) is 2.85. The summed E-state index contributed by atoms with van der Waals surface area (Å²) in [6, 6.07) is 13.3. The standard InChI is InChI=1S/C21H22Cl2N4OS/c1-4-27-20(15-7-10-17(22)18(23)11-15)25-26-21(27)29-12-19(28)24-16-8-5-14(6-9-16)13(2)3/h5-11,13H,4,12H2,1-3H3,(H,24,28). The molecule has 1 aromatic heterocycles. The summed E-state index contributed by atoms with van der Waals surface area (Å²) in [7, 11) is 0. The van der Waals surface area contributed by atoms with Crippen molar-refractivity contribution in [1.82, 2.24) is 14.8 Å². The molecule has 1 amide bonds. The number of nitrogens with zero attached hydrogens (tertiary/aromatic N) is 3. The van der Waals surface area contributed by atoms with Crippen molar-refractivity contribution >= 4 is 46.6 Å². The molecule has 0 aliphatic carbocycles. The molecule has 152 valence electrons. The molecule has 3 aromatic rings. The van der Waals surface area contributed by atoms with Gasteiger partial charge in [-0.15, -0.1) is 10.2 Å². The monoisotopic (exact) mass is 448 g/mol. The molecule has 2 aromatic carbocycles. The minimum absolute atomic E-state index is 0.0889. The zero-order valence-electron chi connectivity index (χ0n) is 16.4. The van der Waals surface area contributed by atoms with Gasteiger partial charge in [0.1, 0.15) is 0 Å². The molecule has 1 heterocycles. The fourth-order valence-electron chi connectivity index (χ4n) is 2.81. The van der Waals surface area contributed by atoms with E-state index in [1.54, 1.807) is 12.1 Å². The van der Waals surface area contributed by atoms with E-state index in [4.69, 9.17) is 23.2 Å². The van der Waals surface area contributed by atoms with Crippen molar-refractivity contribution in [2.24, 2.45) is 0 Å². The zero-order valence-corrected chi connectivity index (χ0v) is 18.8. The van der Waals surface area contributed by atoms with Crippen LogP contribution in [0.25, 0.3) is 11.4 Å². The highest BCUT2D eigenvalue weighted by atomic mass is 35.5. The second kappa shape index (κ2) is 9.65. The van der Waals surface area contributed by atoms with Crippen molar-refractivity contribution in [3.8, 4) is 11.4 Å². The molecule has 0 saturated heterocycles. The molecular weight excluding hydrogens is 427 g/mol. The number of carbonyl (C=O) groups is 1. The van der Waals surface area contributed by atoms with Gasteiger partial charge >= 0.3 is 0 Å². The third-order valence-corrected chi connectivity index (χ3v) is 6.11. The number of halogens is 2. The van der Waals surface area contributed by atoms with Crippen LogP contribution in [-0.4, -0.2) is 26.4 Å². The summed E-state index contributed by atoms with van der Waals surface area (Å²) in [4.78, 5) is 12.3. The zero-order chi connectivity index (χ0) is 21.0. The molecule has 0 saturated carbocycles. The Bertz CT molecular complexity index is 1000. The SMILES string of the molecule is CCn1c(SCC(=O)Nc2ccc(C(C)C)cc2)nnc1-c1ccc(Cl)c(Cl)c1. The molecule has 0 atom stereocenters. The molecule has 1 N–H and O–H groups in total. The molecule has 0 spiro atoms. The van der Waals surface area contributed by atoms with E-state index < -0.39 is 0 Å². The summed E-state index contributed by atoms with van der Waals surface area (Å²) in [5.74, 6) is 1.30. The van der Waals surface area contributed by atoms with Gasteiger partial charge in [0.2, 0.25) is 5.91 Å². The van der Waals surface area contributed by atoms with E-state index in [0.717, 1.165) is 11.3 Å². The van der Waals surface area contributed by atoms with Crippen LogP contribution in [0.2, 0.25) is 10.0 Å². The van der Waals surface area contributed by atoms with Gasteiger partial charge in [0, 0.05) is 17.8 Å². The first-order valence-corrected chi connectivity index (χ1v) is 11.0. The Morgan fingerprint density at radius 1 is 1.10 bits per heavy atom. The van der Waals surface area contributed by atoms with Gasteiger partial charge in [0.25, 0.3) is 0 Å². The predicted molar refractivity (Wildman–Crippen MR) is 121 cm³/mol. The van der Waals surface area contributed by atoms with Gasteiger partial charge in [-0.25, -0.2) is 0 Å². The first-order valence-electron chi connectivity index (χ1n) is 9.30. The molecular formula is C21H22Cl2N4OS. The van der Waals surface area contributed by atoms with E-state index in [2.05, 4.69) is 29.4 Å². The maximum atomic E-state index is 12.3. The average molecular weight is 449 g/mol. The average Bonchev–Trinajstić information content (AvgIpc) is 3.12. The molecule has 3 rings (SSSR count). The molecule has 0 unspecified atom stereocenters. The van der Waals surface area contributed by atoms with Gasteiger partial charge in [-0.2, -0.15) is 0 Å². The highest BCUT2D eigenvalue weighted by Gasteiger charge is 2.15. The largest absolute Gasteiger partial charge is 0.325 e. The number of rotatable bonds is 7. The highest BCUT2D eigenvalue weighted by Crippen LogP contribution is 2.29. The van der Waals surface area contributed by atoms with Crippen molar-refractivity contribution in [3.63, 3.8) is 0 Å². The van der Waals surface area contributed by atoms with Gasteiger partial charge in [-0.3, -0.25) is 4.79 Å². The molecule has 0 bridgehead atoms. The maximum Gasteiger partial charge on any atom is 0.234 e. The smallest absolute Gasteiger partial charge is 0.234 e. The van der Waals surface area contributed by atoms with Crippen LogP contribution in [-0.2, 0) is 11.3 Å². The molecule has 0 fully saturated rings. The number of amides is 1. The number of aromatic nitrogens is 3. The van der Waals surface area contributed by atoms with Gasteiger partial charge in [0.05, 0.1) is 15.8 Å². The lowest BCUT2D eigenvalue weighted by Gasteiger charge is -2.09. The Morgan fingerprint density at radius 3 is 2.45 bits per heavy atom. The van der Waals surface area contributed by atoms with Gasteiger partial charge in [-0.1, -0.05) is 60.9 Å². The molecule has 8 heteroatoms. The minimum Gasteiger partial charge on any atom is -0.325 e. The lowest BCUT2D eigenvalue weighted by atomic mass is 10.0. The van der Waals surface area contributed by atoms with Gasteiger partial charge in [0.15, 0.2) is 11.0 Å². The number of carbonyl (C=O) groups excluding carboxylic acids is 1. The summed E-state index contributed by atoms with van der Waals surface area (Å²) in [6.07, 6.45) is 0. The van der Waals surface area contributed by atoms with Crippen LogP contribution in [0.4, 0.5) is 5.69 Å². The third-order valence-electron chi connectivity index (χ3n) is 4.40.